The lowest BCUT2D eigenvalue weighted by atomic mass is 10.0. The molecule has 196 valence electrons. The Balaban J connectivity index is 1.39. The molecule has 38 heavy (non-hydrogen) atoms. The molecule has 0 saturated carbocycles. The number of halogens is 2. The zero-order valence-corrected chi connectivity index (χ0v) is 21.7. The van der Waals surface area contributed by atoms with Gasteiger partial charge in [0.2, 0.25) is 0 Å². The van der Waals surface area contributed by atoms with Crippen LogP contribution in [0.15, 0.2) is 59.1 Å². The maximum absolute atomic E-state index is 13.6. The lowest BCUT2D eigenvalue weighted by Crippen LogP contribution is -2.39. The lowest BCUT2D eigenvalue weighted by Gasteiger charge is -2.33. The second-order valence-corrected chi connectivity index (χ2v) is 9.46. The Morgan fingerprint density at radius 1 is 1.13 bits per heavy atom. The van der Waals surface area contributed by atoms with Gasteiger partial charge in [0.25, 0.3) is 5.91 Å². The standard InChI is InChI=1S/C28H26ClFN4O4/c1-3-37-28(36)23-16-24(18-8-10-19(30)11-9-18)34(31-23)20-12-14-33(15-13-20)27(35)25-17(2)38-32-26(25)21-6-4-5-7-22(21)29/h4-11,16,20H,3,12-15H2,1-2H3. The number of likely N-dealkylation sites (tertiary alicyclic amines) is 1. The highest BCUT2D eigenvalue weighted by Gasteiger charge is 2.32. The molecular formula is C28H26ClFN4O4. The zero-order valence-electron chi connectivity index (χ0n) is 21.0. The second kappa shape index (κ2) is 10.8. The third kappa shape index (κ3) is 4.93. The number of carbonyl (C=O) groups is 2. The van der Waals surface area contributed by atoms with Crippen LogP contribution in [0.4, 0.5) is 4.39 Å². The molecule has 0 bridgehead atoms. The highest BCUT2D eigenvalue weighted by molar-refractivity contribution is 6.33. The summed E-state index contributed by atoms with van der Waals surface area (Å²) >= 11 is 6.37. The van der Waals surface area contributed by atoms with Crippen molar-refractivity contribution in [2.75, 3.05) is 19.7 Å². The van der Waals surface area contributed by atoms with Gasteiger partial charge in [-0.1, -0.05) is 35.0 Å². The third-order valence-corrected chi connectivity index (χ3v) is 6.99. The van der Waals surface area contributed by atoms with E-state index < -0.39 is 5.97 Å². The van der Waals surface area contributed by atoms with Gasteiger partial charge in [0, 0.05) is 24.2 Å². The van der Waals surface area contributed by atoms with E-state index in [2.05, 4.69) is 10.3 Å². The van der Waals surface area contributed by atoms with E-state index >= 15 is 0 Å². The summed E-state index contributed by atoms with van der Waals surface area (Å²) in [7, 11) is 0. The molecule has 8 nitrogen and oxygen atoms in total. The molecule has 1 aliphatic heterocycles. The Morgan fingerprint density at radius 2 is 1.84 bits per heavy atom. The van der Waals surface area contributed by atoms with Crippen LogP contribution in [-0.2, 0) is 4.74 Å². The maximum atomic E-state index is 13.6. The summed E-state index contributed by atoms with van der Waals surface area (Å²) in [5.41, 5.74) is 3.06. The van der Waals surface area contributed by atoms with Crippen molar-refractivity contribution in [1.82, 2.24) is 19.8 Å². The highest BCUT2D eigenvalue weighted by Crippen LogP contribution is 2.34. The first-order valence-electron chi connectivity index (χ1n) is 12.4. The third-order valence-electron chi connectivity index (χ3n) is 6.66. The SMILES string of the molecule is CCOC(=O)c1cc(-c2ccc(F)cc2)n(C2CCN(C(=O)c3c(-c4ccccc4Cl)noc3C)CC2)n1. The molecule has 1 saturated heterocycles. The quantitative estimate of drug-likeness (QED) is 0.282. The Bertz CT molecular complexity index is 1470. The number of carbonyl (C=O) groups excluding carboxylic acids is 2. The fourth-order valence-electron chi connectivity index (χ4n) is 4.75. The predicted molar refractivity (Wildman–Crippen MR) is 139 cm³/mol. The molecule has 2 aromatic heterocycles. The van der Waals surface area contributed by atoms with Crippen LogP contribution < -0.4 is 0 Å². The maximum Gasteiger partial charge on any atom is 0.358 e. The molecule has 1 aliphatic rings. The number of nitrogens with zero attached hydrogens (tertiary/aromatic N) is 4. The van der Waals surface area contributed by atoms with Gasteiger partial charge in [-0.05, 0) is 63.1 Å². The largest absolute Gasteiger partial charge is 0.461 e. The first-order chi connectivity index (χ1) is 18.4. The number of amides is 1. The Labute approximate surface area is 223 Å². The van der Waals surface area contributed by atoms with Gasteiger partial charge in [-0.3, -0.25) is 9.48 Å². The highest BCUT2D eigenvalue weighted by atomic mass is 35.5. The minimum Gasteiger partial charge on any atom is -0.461 e. The van der Waals surface area contributed by atoms with Crippen molar-refractivity contribution in [2.24, 2.45) is 0 Å². The number of rotatable bonds is 6. The molecule has 0 aliphatic carbocycles. The molecule has 4 aromatic rings. The first-order valence-corrected chi connectivity index (χ1v) is 12.8. The molecule has 1 amide bonds. The second-order valence-electron chi connectivity index (χ2n) is 9.05. The average Bonchev–Trinajstić information content (AvgIpc) is 3.54. The lowest BCUT2D eigenvalue weighted by molar-refractivity contribution is 0.0517. The molecule has 0 N–H and O–H groups in total. The van der Waals surface area contributed by atoms with Crippen molar-refractivity contribution in [3.63, 3.8) is 0 Å². The normalized spacial score (nSPS) is 14.1. The minimum absolute atomic E-state index is 0.0751. The van der Waals surface area contributed by atoms with Crippen LogP contribution in [0, 0.1) is 12.7 Å². The Hall–Kier alpha value is -3.98. The van der Waals surface area contributed by atoms with Crippen LogP contribution in [0.3, 0.4) is 0 Å². The van der Waals surface area contributed by atoms with E-state index in [-0.39, 0.29) is 30.1 Å². The molecule has 0 spiro atoms. The molecule has 5 rings (SSSR count). The average molecular weight is 537 g/mol. The number of esters is 1. The van der Waals surface area contributed by atoms with Crippen LogP contribution in [-0.4, -0.2) is 51.4 Å². The Kier molecular flexibility index (Phi) is 7.28. The van der Waals surface area contributed by atoms with Gasteiger partial charge in [0.1, 0.15) is 22.8 Å². The summed E-state index contributed by atoms with van der Waals surface area (Å²) in [5.74, 6) is -0.616. The van der Waals surface area contributed by atoms with Crippen molar-refractivity contribution < 1.29 is 23.2 Å². The van der Waals surface area contributed by atoms with E-state index in [0.717, 1.165) is 5.56 Å². The molecule has 10 heteroatoms. The van der Waals surface area contributed by atoms with Crippen molar-refractivity contribution in [3.8, 4) is 22.5 Å². The van der Waals surface area contributed by atoms with Gasteiger partial charge in [0.15, 0.2) is 5.69 Å². The summed E-state index contributed by atoms with van der Waals surface area (Å²) in [6.07, 6.45) is 1.21. The van der Waals surface area contributed by atoms with Gasteiger partial charge >= 0.3 is 5.97 Å². The first kappa shape index (κ1) is 25.7. The fourth-order valence-corrected chi connectivity index (χ4v) is 4.97. The molecule has 2 aromatic carbocycles. The number of aryl methyl sites for hydroxylation is 1. The smallest absolute Gasteiger partial charge is 0.358 e. The van der Waals surface area contributed by atoms with Crippen molar-refractivity contribution in [2.45, 2.75) is 32.7 Å². The summed E-state index contributed by atoms with van der Waals surface area (Å²) in [5, 5.41) is 9.16. The van der Waals surface area contributed by atoms with Crippen LogP contribution in [0.25, 0.3) is 22.5 Å². The number of benzene rings is 2. The van der Waals surface area contributed by atoms with Crippen molar-refractivity contribution in [1.29, 1.82) is 0 Å². The number of hydrogen-bond acceptors (Lipinski definition) is 6. The van der Waals surface area contributed by atoms with Gasteiger partial charge in [0.05, 0.1) is 23.4 Å². The Morgan fingerprint density at radius 3 is 2.53 bits per heavy atom. The van der Waals surface area contributed by atoms with Crippen molar-refractivity contribution in [3.05, 3.63) is 82.5 Å². The molecule has 1 fully saturated rings. The topological polar surface area (TPSA) is 90.5 Å². The van der Waals surface area contributed by atoms with E-state index in [4.69, 9.17) is 20.9 Å². The monoisotopic (exact) mass is 536 g/mol. The van der Waals surface area contributed by atoms with E-state index in [1.165, 1.54) is 12.1 Å². The van der Waals surface area contributed by atoms with Gasteiger partial charge < -0.3 is 14.2 Å². The molecule has 3 heterocycles. The molecule has 0 unspecified atom stereocenters. The van der Waals surface area contributed by atoms with Crippen LogP contribution >= 0.6 is 11.6 Å². The number of hydrogen-bond donors (Lipinski definition) is 0. The summed E-state index contributed by atoms with van der Waals surface area (Å²) in [4.78, 5) is 27.8. The van der Waals surface area contributed by atoms with Crippen molar-refractivity contribution >= 4 is 23.5 Å². The summed E-state index contributed by atoms with van der Waals surface area (Å²) in [6.45, 7) is 4.61. The number of ether oxygens (including phenoxy) is 1. The van der Waals surface area contributed by atoms with Crippen LogP contribution in [0.5, 0.6) is 0 Å². The van der Waals surface area contributed by atoms with E-state index in [9.17, 15) is 14.0 Å². The minimum atomic E-state index is -0.516. The zero-order chi connectivity index (χ0) is 26.8. The number of aromatic nitrogens is 3. The van der Waals surface area contributed by atoms with Gasteiger partial charge in [-0.25, -0.2) is 9.18 Å². The molecular weight excluding hydrogens is 511 g/mol. The van der Waals surface area contributed by atoms with Gasteiger partial charge in [-0.15, -0.1) is 0 Å². The van der Waals surface area contributed by atoms with E-state index in [1.54, 1.807) is 53.8 Å². The van der Waals surface area contributed by atoms with Gasteiger partial charge in [-0.2, -0.15) is 5.10 Å². The van der Waals surface area contributed by atoms with Crippen LogP contribution in [0.1, 0.15) is 52.4 Å². The predicted octanol–water partition coefficient (Wildman–Crippen LogP) is 5.96. The van der Waals surface area contributed by atoms with E-state index in [1.807, 2.05) is 12.1 Å². The van der Waals surface area contributed by atoms with E-state index in [0.29, 0.717) is 59.2 Å². The summed E-state index contributed by atoms with van der Waals surface area (Å²) in [6, 6.07) is 14.8. The summed E-state index contributed by atoms with van der Waals surface area (Å²) < 4.78 is 25.9. The molecule has 0 radical (unpaired) electrons. The fraction of sp³-hybridized carbons (Fsp3) is 0.286. The number of piperidine rings is 1. The molecule has 0 atom stereocenters. The van der Waals surface area contributed by atoms with Crippen LogP contribution in [0.2, 0.25) is 5.02 Å².